The van der Waals surface area contributed by atoms with E-state index in [0.717, 1.165) is 9.86 Å². The van der Waals surface area contributed by atoms with Crippen molar-refractivity contribution in [1.82, 2.24) is 4.57 Å². The first-order chi connectivity index (χ1) is 8.83. The molecule has 0 radical (unpaired) electrons. The summed E-state index contributed by atoms with van der Waals surface area (Å²) in [4.78, 5) is 12.2. The fraction of sp³-hybridized carbons (Fsp3) is 0.286. The molecule has 0 aliphatic heterocycles. The van der Waals surface area contributed by atoms with Gasteiger partial charge in [-0.05, 0) is 42.8 Å². The normalized spacial score (nSPS) is 11.3. The maximum Gasteiger partial charge on any atom is 0.419 e. The Morgan fingerprint density at radius 2 is 2.11 bits per heavy atom. The number of aromatic nitrogens is 1. The second-order valence-corrected chi connectivity index (χ2v) is 6.00. The molecule has 1 aromatic carbocycles. The Balaban J connectivity index is 2.62. The van der Waals surface area contributed by atoms with Crippen molar-refractivity contribution < 1.29 is 9.53 Å². The van der Waals surface area contributed by atoms with Crippen molar-refractivity contribution in [2.24, 2.45) is 0 Å². The average molecular weight is 321 g/mol. The van der Waals surface area contributed by atoms with Gasteiger partial charge in [0.15, 0.2) is 0 Å². The minimum atomic E-state index is -0.582. The second kappa shape index (κ2) is 4.71. The SMILES string of the molecule is CC(C)(C)OC(=O)n1cc(Br)c2cccc(C#N)c21. The quantitative estimate of drug-likeness (QED) is 0.735. The van der Waals surface area contributed by atoms with Crippen molar-refractivity contribution in [1.29, 1.82) is 5.26 Å². The third kappa shape index (κ3) is 2.64. The lowest BCUT2D eigenvalue weighted by Gasteiger charge is -2.19. The number of hydrogen-bond acceptors (Lipinski definition) is 3. The standard InChI is InChI=1S/C14H13BrN2O2/c1-14(2,3)19-13(18)17-8-11(15)10-6-4-5-9(7-16)12(10)17/h4-6,8H,1-3H3. The van der Waals surface area contributed by atoms with E-state index in [1.165, 1.54) is 4.57 Å². The van der Waals surface area contributed by atoms with Crippen molar-refractivity contribution in [2.45, 2.75) is 26.4 Å². The summed E-state index contributed by atoms with van der Waals surface area (Å²) < 4.78 is 7.46. The van der Waals surface area contributed by atoms with Crippen molar-refractivity contribution in [3.8, 4) is 6.07 Å². The van der Waals surface area contributed by atoms with Crippen LogP contribution < -0.4 is 0 Å². The monoisotopic (exact) mass is 320 g/mol. The Kier molecular flexibility index (Phi) is 3.38. The molecule has 1 aromatic heterocycles. The molecule has 1 heterocycles. The van der Waals surface area contributed by atoms with Crippen LogP contribution in [0.3, 0.4) is 0 Å². The number of ether oxygens (including phenoxy) is 1. The zero-order valence-corrected chi connectivity index (χ0v) is 12.5. The molecule has 0 saturated heterocycles. The van der Waals surface area contributed by atoms with E-state index in [-0.39, 0.29) is 0 Å². The number of carbonyl (C=O) groups excluding carboxylic acids is 1. The van der Waals surface area contributed by atoms with Gasteiger partial charge in [-0.3, -0.25) is 4.57 Å². The number of fused-ring (bicyclic) bond motifs is 1. The Bertz CT molecular complexity index is 690. The van der Waals surface area contributed by atoms with Gasteiger partial charge in [-0.1, -0.05) is 12.1 Å². The predicted octanol–water partition coefficient (Wildman–Crippen LogP) is 4.06. The predicted molar refractivity (Wildman–Crippen MR) is 76.0 cm³/mol. The summed E-state index contributed by atoms with van der Waals surface area (Å²) >= 11 is 3.39. The highest BCUT2D eigenvalue weighted by Crippen LogP contribution is 2.29. The van der Waals surface area contributed by atoms with Gasteiger partial charge in [0.05, 0.1) is 11.1 Å². The van der Waals surface area contributed by atoms with E-state index in [4.69, 9.17) is 10.00 Å². The second-order valence-electron chi connectivity index (χ2n) is 5.14. The molecule has 5 heteroatoms. The van der Waals surface area contributed by atoms with Gasteiger partial charge in [0, 0.05) is 16.1 Å². The van der Waals surface area contributed by atoms with Gasteiger partial charge in [0.25, 0.3) is 0 Å². The highest BCUT2D eigenvalue weighted by atomic mass is 79.9. The van der Waals surface area contributed by atoms with Gasteiger partial charge in [-0.2, -0.15) is 5.26 Å². The van der Waals surface area contributed by atoms with E-state index < -0.39 is 11.7 Å². The number of nitriles is 1. The third-order valence-corrected chi connectivity index (χ3v) is 3.12. The van der Waals surface area contributed by atoms with Crippen LogP contribution in [0.2, 0.25) is 0 Å². The van der Waals surface area contributed by atoms with Gasteiger partial charge in [-0.15, -0.1) is 0 Å². The molecule has 0 amide bonds. The summed E-state index contributed by atoms with van der Waals surface area (Å²) in [5.74, 6) is 0. The number of para-hydroxylation sites is 1. The molecule has 0 N–H and O–H groups in total. The average Bonchev–Trinajstić information content (AvgIpc) is 2.65. The van der Waals surface area contributed by atoms with E-state index >= 15 is 0 Å². The molecule has 0 atom stereocenters. The van der Waals surface area contributed by atoms with E-state index in [1.54, 1.807) is 39.1 Å². The van der Waals surface area contributed by atoms with Gasteiger partial charge in [0.2, 0.25) is 0 Å². The smallest absolute Gasteiger partial charge is 0.419 e. The van der Waals surface area contributed by atoms with Crippen LogP contribution in [0.25, 0.3) is 10.9 Å². The maximum atomic E-state index is 12.2. The highest BCUT2D eigenvalue weighted by molar-refractivity contribution is 9.10. The highest BCUT2D eigenvalue weighted by Gasteiger charge is 2.21. The van der Waals surface area contributed by atoms with Crippen LogP contribution >= 0.6 is 15.9 Å². The maximum absolute atomic E-state index is 12.2. The van der Waals surface area contributed by atoms with E-state index in [9.17, 15) is 4.79 Å². The Morgan fingerprint density at radius 1 is 1.42 bits per heavy atom. The zero-order valence-electron chi connectivity index (χ0n) is 10.9. The van der Waals surface area contributed by atoms with Crippen LogP contribution in [-0.2, 0) is 4.74 Å². The van der Waals surface area contributed by atoms with Gasteiger partial charge < -0.3 is 4.74 Å². The molecule has 2 aromatic rings. The lowest BCUT2D eigenvalue weighted by atomic mass is 10.1. The van der Waals surface area contributed by atoms with Gasteiger partial charge in [-0.25, -0.2) is 4.79 Å². The molecule has 19 heavy (non-hydrogen) atoms. The first-order valence-electron chi connectivity index (χ1n) is 5.76. The Hall–Kier alpha value is -1.80. The molecular weight excluding hydrogens is 308 g/mol. The first kappa shape index (κ1) is 13.6. The van der Waals surface area contributed by atoms with Crippen LogP contribution in [0.1, 0.15) is 26.3 Å². The first-order valence-corrected chi connectivity index (χ1v) is 6.56. The number of hydrogen-bond donors (Lipinski definition) is 0. The molecule has 0 saturated carbocycles. The Labute approximate surface area is 119 Å². The minimum absolute atomic E-state index is 0.439. The molecule has 0 aliphatic rings. The molecular formula is C14H13BrN2O2. The van der Waals surface area contributed by atoms with Crippen LogP contribution in [0, 0.1) is 11.3 Å². The van der Waals surface area contributed by atoms with Crippen molar-refractivity contribution in [3.63, 3.8) is 0 Å². The summed E-state index contributed by atoms with van der Waals surface area (Å²) in [6, 6.07) is 7.40. The number of rotatable bonds is 0. The summed E-state index contributed by atoms with van der Waals surface area (Å²) in [6.45, 7) is 5.41. The van der Waals surface area contributed by atoms with Gasteiger partial charge in [0.1, 0.15) is 11.7 Å². The zero-order chi connectivity index (χ0) is 14.2. The summed E-state index contributed by atoms with van der Waals surface area (Å²) in [7, 11) is 0. The lowest BCUT2D eigenvalue weighted by molar-refractivity contribution is 0.0544. The van der Waals surface area contributed by atoms with Crippen LogP contribution in [0.15, 0.2) is 28.9 Å². The fourth-order valence-corrected chi connectivity index (χ4v) is 2.31. The van der Waals surface area contributed by atoms with Crippen LogP contribution in [0.5, 0.6) is 0 Å². The molecule has 0 spiro atoms. The van der Waals surface area contributed by atoms with Crippen molar-refractivity contribution >= 4 is 32.9 Å². The fourth-order valence-electron chi connectivity index (χ4n) is 1.79. The topological polar surface area (TPSA) is 55.0 Å². The van der Waals surface area contributed by atoms with E-state index in [1.807, 2.05) is 6.07 Å². The number of benzene rings is 1. The summed E-state index contributed by atoms with van der Waals surface area (Å²) in [5.41, 5.74) is 0.419. The molecule has 4 nitrogen and oxygen atoms in total. The molecule has 98 valence electrons. The van der Waals surface area contributed by atoms with E-state index in [0.29, 0.717) is 11.1 Å². The van der Waals surface area contributed by atoms with Crippen LogP contribution in [0.4, 0.5) is 4.79 Å². The largest absolute Gasteiger partial charge is 0.443 e. The number of halogens is 1. The number of carbonyl (C=O) groups is 1. The number of nitrogens with zero attached hydrogens (tertiary/aromatic N) is 2. The molecule has 0 unspecified atom stereocenters. The molecule has 0 bridgehead atoms. The third-order valence-electron chi connectivity index (χ3n) is 2.49. The minimum Gasteiger partial charge on any atom is -0.443 e. The molecule has 2 rings (SSSR count). The Morgan fingerprint density at radius 3 is 2.68 bits per heavy atom. The van der Waals surface area contributed by atoms with Crippen LogP contribution in [-0.4, -0.2) is 16.3 Å². The van der Waals surface area contributed by atoms with Crippen molar-refractivity contribution in [3.05, 3.63) is 34.4 Å². The lowest BCUT2D eigenvalue weighted by Crippen LogP contribution is -2.26. The van der Waals surface area contributed by atoms with Gasteiger partial charge >= 0.3 is 6.09 Å². The van der Waals surface area contributed by atoms with E-state index in [2.05, 4.69) is 22.0 Å². The molecule has 0 aliphatic carbocycles. The summed E-state index contributed by atoms with van der Waals surface area (Å²) in [6.07, 6.45) is 1.13. The molecule has 0 fully saturated rings. The van der Waals surface area contributed by atoms with Crippen molar-refractivity contribution in [2.75, 3.05) is 0 Å². The summed E-state index contributed by atoms with van der Waals surface area (Å²) in [5, 5.41) is 9.96.